The Hall–Kier alpha value is -1.88. The lowest BCUT2D eigenvalue weighted by atomic mass is 10.1. The van der Waals surface area contributed by atoms with Gasteiger partial charge in [0.2, 0.25) is 0 Å². The minimum atomic E-state index is -0.147. The molecule has 0 aliphatic heterocycles. The molecule has 100 valence electrons. The van der Waals surface area contributed by atoms with Gasteiger partial charge in [-0.05, 0) is 31.0 Å². The van der Waals surface area contributed by atoms with E-state index in [2.05, 4.69) is 17.5 Å². The van der Waals surface area contributed by atoms with Crippen LogP contribution in [0.15, 0.2) is 28.8 Å². The van der Waals surface area contributed by atoms with Gasteiger partial charge in [0.1, 0.15) is 0 Å². The lowest BCUT2D eigenvalue weighted by molar-refractivity contribution is 0.0954. The van der Waals surface area contributed by atoms with Crippen molar-refractivity contribution in [1.82, 2.24) is 9.99 Å². The van der Waals surface area contributed by atoms with E-state index in [1.807, 2.05) is 42.2 Å². The molecule has 0 fully saturated rings. The Morgan fingerprint density at radius 1 is 1.58 bits per heavy atom. The minimum Gasteiger partial charge on any atom is -0.350 e. The van der Waals surface area contributed by atoms with Gasteiger partial charge < -0.3 is 4.57 Å². The molecule has 4 nitrogen and oxygen atoms in total. The van der Waals surface area contributed by atoms with Crippen molar-refractivity contribution in [3.63, 3.8) is 0 Å². The van der Waals surface area contributed by atoms with Crippen LogP contribution in [-0.4, -0.2) is 16.7 Å². The molecule has 0 unspecified atom stereocenters. The van der Waals surface area contributed by atoms with Gasteiger partial charge in [-0.2, -0.15) is 5.10 Å². The summed E-state index contributed by atoms with van der Waals surface area (Å²) in [5, 5.41) is 5.89. The largest absolute Gasteiger partial charge is 0.350 e. The summed E-state index contributed by atoms with van der Waals surface area (Å²) >= 11 is 1.60. The molecule has 2 aromatic rings. The summed E-state index contributed by atoms with van der Waals surface area (Å²) in [5.41, 5.74) is 5.36. The average molecular weight is 275 g/mol. The molecule has 1 N–H and O–H groups in total. The Labute approximate surface area is 116 Å². The Morgan fingerprint density at radius 2 is 2.37 bits per heavy atom. The van der Waals surface area contributed by atoms with Crippen LogP contribution in [0, 0.1) is 6.92 Å². The Morgan fingerprint density at radius 3 is 3.00 bits per heavy atom. The third-order valence-electron chi connectivity index (χ3n) is 3.05. The summed E-state index contributed by atoms with van der Waals surface area (Å²) in [6, 6.07) is 3.86. The van der Waals surface area contributed by atoms with Gasteiger partial charge in [0.25, 0.3) is 5.91 Å². The standard InChI is InChI=1S/C14H17N3OS/c1-4-12-10(2)19-9-13(12)14(18)16-15-8-11-6-5-7-17(11)3/h5-9H,4H2,1-3H3,(H,16,18). The molecular weight excluding hydrogens is 258 g/mol. The average Bonchev–Trinajstić information content (AvgIpc) is 2.96. The van der Waals surface area contributed by atoms with Gasteiger partial charge in [-0.15, -0.1) is 11.3 Å². The zero-order chi connectivity index (χ0) is 13.8. The van der Waals surface area contributed by atoms with E-state index < -0.39 is 0 Å². The number of hydrazone groups is 1. The summed E-state index contributed by atoms with van der Waals surface area (Å²) < 4.78 is 1.93. The molecule has 0 aliphatic rings. The second-order valence-corrected chi connectivity index (χ2v) is 5.36. The molecule has 2 aromatic heterocycles. The quantitative estimate of drug-likeness (QED) is 0.677. The molecule has 0 saturated heterocycles. The van der Waals surface area contributed by atoms with Crippen LogP contribution in [0.1, 0.15) is 33.4 Å². The smallest absolute Gasteiger partial charge is 0.272 e. The molecule has 0 bridgehead atoms. The van der Waals surface area contributed by atoms with E-state index in [0.717, 1.165) is 23.2 Å². The van der Waals surface area contributed by atoms with Crippen LogP contribution < -0.4 is 5.43 Å². The van der Waals surface area contributed by atoms with Crippen molar-refractivity contribution in [2.24, 2.45) is 12.1 Å². The van der Waals surface area contributed by atoms with Crippen molar-refractivity contribution in [1.29, 1.82) is 0 Å². The number of aromatic nitrogens is 1. The Bertz CT molecular complexity index is 610. The number of nitrogens with zero attached hydrogens (tertiary/aromatic N) is 2. The Kier molecular flexibility index (Phi) is 4.16. The van der Waals surface area contributed by atoms with E-state index in [9.17, 15) is 4.79 Å². The van der Waals surface area contributed by atoms with Crippen LogP contribution in [-0.2, 0) is 13.5 Å². The monoisotopic (exact) mass is 275 g/mol. The van der Waals surface area contributed by atoms with Crippen molar-refractivity contribution in [2.45, 2.75) is 20.3 Å². The fourth-order valence-corrected chi connectivity index (χ4v) is 2.88. The van der Waals surface area contributed by atoms with Gasteiger partial charge in [0.15, 0.2) is 0 Å². The maximum atomic E-state index is 12.0. The van der Waals surface area contributed by atoms with Crippen LogP contribution >= 0.6 is 11.3 Å². The molecule has 2 rings (SSSR count). The number of aryl methyl sites for hydroxylation is 2. The predicted octanol–water partition coefficient (Wildman–Crippen LogP) is 2.72. The van der Waals surface area contributed by atoms with E-state index in [1.165, 1.54) is 4.88 Å². The minimum absolute atomic E-state index is 0.147. The third-order valence-corrected chi connectivity index (χ3v) is 4.00. The number of thiophene rings is 1. The van der Waals surface area contributed by atoms with E-state index in [1.54, 1.807) is 17.6 Å². The maximum absolute atomic E-state index is 12.0. The SMILES string of the molecule is CCc1c(C(=O)NN=Cc2cccn2C)csc1C. The van der Waals surface area contributed by atoms with Crippen molar-refractivity contribution >= 4 is 23.5 Å². The first kappa shape index (κ1) is 13.5. The molecule has 0 aromatic carbocycles. The molecule has 0 spiro atoms. The molecule has 0 aliphatic carbocycles. The number of rotatable bonds is 4. The summed E-state index contributed by atoms with van der Waals surface area (Å²) in [5.74, 6) is -0.147. The van der Waals surface area contributed by atoms with Crippen molar-refractivity contribution < 1.29 is 4.79 Å². The number of hydrogen-bond acceptors (Lipinski definition) is 3. The predicted molar refractivity (Wildman–Crippen MR) is 78.9 cm³/mol. The maximum Gasteiger partial charge on any atom is 0.272 e. The highest BCUT2D eigenvalue weighted by molar-refractivity contribution is 7.10. The van der Waals surface area contributed by atoms with Crippen LogP contribution in [0.2, 0.25) is 0 Å². The molecule has 19 heavy (non-hydrogen) atoms. The summed E-state index contributed by atoms with van der Waals surface area (Å²) in [6.07, 6.45) is 4.43. The lowest BCUT2D eigenvalue weighted by Crippen LogP contribution is -2.18. The number of carbonyl (C=O) groups excluding carboxylic acids is 1. The van der Waals surface area contributed by atoms with E-state index in [4.69, 9.17) is 0 Å². The van der Waals surface area contributed by atoms with Crippen LogP contribution in [0.5, 0.6) is 0 Å². The summed E-state index contributed by atoms with van der Waals surface area (Å²) in [7, 11) is 1.93. The zero-order valence-corrected chi connectivity index (χ0v) is 12.1. The molecule has 0 radical (unpaired) electrons. The van der Waals surface area contributed by atoms with Gasteiger partial charge >= 0.3 is 0 Å². The number of hydrogen-bond donors (Lipinski definition) is 1. The highest BCUT2D eigenvalue weighted by atomic mass is 32.1. The zero-order valence-electron chi connectivity index (χ0n) is 11.3. The summed E-state index contributed by atoms with van der Waals surface area (Å²) in [6.45, 7) is 4.09. The van der Waals surface area contributed by atoms with Gasteiger partial charge in [0, 0.05) is 23.5 Å². The molecule has 2 heterocycles. The van der Waals surface area contributed by atoms with Gasteiger partial charge in [0.05, 0.1) is 17.5 Å². The first-order chi connectivity index (χ1) is 9.13. The van der Waals surface area contributed by atoms with Gasteiger partial charge in [-0.1, -0.05) is 6.92 Å². The van der Waals surface area contributed by atoms with E-state index >= 15 is 0 Å². The lowest BCUT2D eigenvalue weighted by Gasteiger charge is -2.01. The fourth-order valence-electron chi connectivity index (χ4n) is 1.93. The number of carbonyl (C=O) groups is 1. The highest BCUT2D eigenvalue weighted by Crippen LogP contribution is 2.22. The fraction of sp³-hybridized carbons (Fsp3) is 0.286. The second kappa shape index (κ2) is 5.84. The van der Waals surface area contributed by atoms with Crippen LogP contribution in [0.4, 0.5) is 0 Å². The summed E-state index contributed by atoms with van der Waals surface area (Å²) in [4.78, 5) is 13.2. The first-order valence-corrected chi connectivity index (χ1v) is 7.03. The molecule has 1 amide bonds. The molecule has 0 atom stereocenters. The molecule has 5 heteroatoms. The van der Waals surface area contributed by atoms with Gasteiger partial charge in [-0.25, -0.2) is 5.43 Å². The molecule has 0 saturated carbocycles. The number of amides is 1. The second-order valence-electron chi connectivity index (χ2n) is 4.28. The van der Waals surface area contributed by atoms with E-state index in [0.29, 0.717) is 0 Å². The number of nitrogens with one attached hydrogen (secondary N) is 1. The third kappa shape index (κ3) is 2.93. The Balaban J connectivity index is 2.06. The van der Waals surface area contributed by atoms with Crippen LogP contribution in [0.25, 0.3) is 0 Å². The normalized spacial score (nSPS) is 11.1. The van der Waals surface area contributed by atoms with Crippen molar-refractivity contribution in [2.75, 3.05) is 0 Å². The topological polar surface area (TPSA) is 46.4 Å². The van der Waals surface area contributed by atoms with Crippen molar-refractivity contribution in [3.05, 3.63) is 45.4 Å². The van der Waals surface area contributed by atoms with E-state index in [-0.39, 0.29) is 5.91 Å². The first-order valence-electron chi connectivity index (χ1n) is 6.15. The highest BCUT2D eigenvalue weighted by Gasteiger charge is 2.13. The van der Waals surface area contributed by atoms with Gasteiger partial charge in [-0.3, -0.25) is 4.79 Å². The molecular formula is C14H17N3OS. The van der Waals surface area contributed by atoms with Crippen LogP contribution in [0.3, 0.4) is 0 Å². The van der Waals surface area contributed by atoms with Crippen molar-refractivity contribution in [3.8, 4) is 0 Å².